The predicted octanol–water partition coefficient (Wildman–Crippen LogP) is 4.47. The maximum absolute atomic E-state index is 12.6. The van der Waals surface area contributed by atoms with Crippen molar-refractivity contribution >= 4 is 40.0 Å². The normalized spacial score (nSPS) is 10.8. The van der Waals surface area contributed by atoms with Crippen LogP contribution in [0.2, 0.25) is 0 Å². The second-order valence-electron chi connectivity index (χ2n) is 6.84. The molecule has 0 saturated heterocycles. The molecule has 1 N–H and O–H groups in total. The number of nitrogens with zero attached hydrogens (tertiary/aromatic N) is 3. The quantitative estimate of drug-likeness (QED) is 0.361. The highest BCUT2D eigenvalue weighted by atomic mass is 32.2. The van der Waals surface area contributed by atoms with Gasteiger partial charge in [-0.1, -0.05) is 23.9 Å². The summed E-state index contributed by atoms with van der Waals surface area (Å²) in [6.45, 7) is 8.27. The Morgan fingerprint density at radius 3 is 2.62 bits per heavy atom. The summed E-state index contributed by atoms with van der Waals surface area (Å²) >= 11 is 2.64. The molecule has 0 fully saturated rings. The van der Waals surface area contributed by atoms with Gasteiger partial charge >= 0.3 is 5.97 Å². The van der Waals surface area contributed by atoms with Gasteiger partial charge in [-0.2, -0.15) is 0 Å². The Morgan fingerprint density at radius 1 is 1.16 bits per heavy atom. The number of aromatic nitrogens is 3. The van der Waals surface area contributed by atoms with Crippen molar-refractivity contribution in [2.45, 2.75) is 32.9 Å². The fourth-order valence-corrected chi connectivity index (χ4v) is 4.84. The molecule has 0 aliphatic carbocycles. The van der Waals surface area contributed by atoms with E-state index in [-0.39, 0.29) is 18.3 Å². The standard InChI is InChI=1S/C22H26N4O4S2/c1-6-29-16-11-9-8-10-15(16)19-24-25-22(26(19)5)31-12-17(27)23-20-18(21(28)30-7-2)13(3)14(4)32-20/h8-11H,6-7,12H2,1-5H3,(H,23,27). The summed E-state index contributed by atoms with van der Waals surface area (Å²) in [5.41, 5.74) is 2.08. The molecular weight excluding hydrogens is 448 g/mol. The van der Waals surface area contributed by atoms with Crippen LogP contribution in [0.1, 0.15) is 34.6 Å². The van der Waals surface area contributed by atoms with Crippen molar-refractivity contribution in [3.63, 3.8) is 0 Å². The summed E-state index contributed by atoms with van der Waals surface area (Å²) in [4.78, 5) is 25.9. The van der Waals surface area contributed by atoms with Crippen molar-refractivity contribution in [1.82, 2.24) is 14.8 Å². The number of carbonyl (C=O) groups is 2. The molecule has 0 bridgehead atoms. The van der Waals surface area contributed by atoms with E-state index in [0.29, 0.717) is 28.2 Å². The van der Waals surface area contributed by atoms with Gasteiger partial charge in [-0.15, -0.1) is 21.5 Å². The van der Waals surface area contributed by atoms with E-state index in [1.54, 1.807) is 6.92 Å². The van der Waals surface area contributed by atoms with E-state index in [1.165, 1.54) is 23.1 Å². The molecule has 3 aromatic rings. The highest BCUT2D eigenvalue weighted by molar-refractivity contribution is 7.99. The molecular formula is C22H26N4O4S2. The Labute approximate surface area is 195 Å². The van der Waals surface area contributed by atoms with Crippen molar-refractivity contribution in [3.05, 3.63) is 40.3 Å². The molecule has 0 spiro atoms. The summed E-state index contributed by atoms with van der Waals surface area (Å²) in [5.74, 6) is 0.849. The average molecular weight is 475 g/mol. The first-order valence-corrected chi connectivity index (χ1v) is 12.0. The largest absolute Gasteiger partial charge is 0.493 e. The van der Waals surface area contributed by atoms with Crippen LogP contribution in [0.3, 0.4) is 0 Å². The van der Waals surface area contributed by atoms with Gasteiger partial charge in [-0.3, -0.25) is 4.79 Å². The lowest BCUT2D eigenvalue weighted by molar-refractivity contribution is -0.113. The van der Waals surface area contributed by atoms with Crippen LogP contribution in [-0.4, -0.2) is 45.6 Å². The molecule has 0 radical (unpaired) electrons. The first-order chi connectivity index (χ1) is 15.4. The van der Waals surface area contributed by atoms with Gasteiger partial charge in [0, 0.05) is 11.9 Å². The summed E-state index contributed by atoms with van der Waals surface area (Å²) in [6, 6.07) is 7.64. The zero-order valence-corrected chi connectivity index (χ0v) is 20.4. The van der Waals surface area contributed by atoms with E-state index in [0.717, 1.165) is 21.8 Å². The smallest absolute Gasteiger partial charge is 0.341 e. The lowest BCUT2D eigenvalue weighted by Crippen LogP contribution is -2.16. The van der Waals surface area contributed by atoms with Crippen LogP contribution in [0, 0.1) is 13.8 Å². The molecule has 1 amide bonds. The van der Waals surface area contributed by atoms with Crippen LogP contribution in [0.25, 0.3) is 11.4 Å². The summed E-state index contributed by atoms with van der Waals surface area (Å²) in [6.07, 6.45) is 0. The van der Waals surface area contributed by atoms with Gasteiger partial charge in [0.2, 0.25) is 5.91 Å². The minimum atomic E-state index is -0.428. The number of hydrogen-bond donors (Lipinski definition) is 1. The van der Waals surface area contributed by atoms with Crippen LogP contribution < -0.4 is 10.1 Å². The van der Waals surface area contributed by atoms with E-state index in [4.69, 9.17) is 9.47 Å². The predicted molar refractivity (Wildman–Crippen MR) is 127 cm³/mol. The molecule has 3 rings (SSSR count). The molecule has 2 aromatic heterocycles. The Hall–Kier alpha value is -2.85. The second kappa shape index (κ2) is 10.6. The molecule has 0 saturated carbocycles. The number of carbonyl (C=O) groups excluding carboxylic acids is 2. The minimum Gasteiger partial charge on any atom is -0.493 e. The fraction of sp³-hybridized carbons (Fsp3) is 0.364. The van der Waals surface area contributed by atoms with E-state index >= 15 is 0 Å². The van der Waals surface area contributed by atoms with Crippen LogP contribution in [0.5, 0.6) is 5.75 Å². The van der Waals surface area contributed by atoms with Gasteiger partial charge < -0.3 is 19.4 Å². The van der Waals surface area contributed by atoms with Crippen molar-refractivity contribution in [1.29, 1.82) is 0 Å². The molecule has 32 heavy (non-hydrogen) atoms. The lowest BCUT2D eigenvalue weighted by atomic mass is 10.1. The molecule has 10 heteroatoms. The molecule has 0 aliphatic heterocycles. The fourth-order valence-electron chi connectivity index (χ4n) is 3.06. The number of thiophene rings is 1. The van der Waals surface area contributed by atoms with Gasteiger partial charge in [-0.25, -0.2) is 4.79 Å². The Bertz CT molecular complexity index is 1120. The summed E-state index contributed by atoms with van der Waals surface area (Å²) in [7, 11) is 1.85. The number of thioether (sulfide) groups is 1. The minimum absolute atomic E-state index is 0.122. The van der Waals surface area contributed by atoms with Gasteiger partial charge in [-0.05, 0) is 45.4 Å². The second-order valence-corrected chi connectivity index (χ2v) is 9.01. The molecule has 1 aromatic carbocycles. The molecule has 0 unspecified atom stereocenters. The highest BCUT2D eigenvalue weighted by Crippen LogP contribution is 2.34. The van der Waals surface area contributed by atoms with Gasteiger partial charge in [0.25, 0.3) is 0 Å². The van der Waals surface area contributed by atoms with Crippen LogP contribution in [0.15, 0.2) is 29.4 Å². The Morgan fingerprint density at radius 2 is 1.91 bits per heavy atom. The first kappa shape index (κ1) is 23.8. The number of aryl methyl sites for hydroxylation is 1. The first-order valence-electron chi connectivity index (χ1n) is 10.2. The number of ether oxygens (including phenoxy) is 2. The SMILES string of the molecule is CCOC(=O)c1c(NC(=O)CSc2nnc(-c3ccccc3OCC)n2C)sc(C)c1C. The lowest BCUT2D eigenvalue weighted by Gasteiger charge is -2.10. The van der Waals surface area contributed by atoms with Crippen molar-refractivity contribution < 1.29 is 19.1 Å². The molecule has 0 atom stereocenters. The average Bonchev–Trinajstić information content (AvgIpc) is 3.26. The molecule has 170 valence electrons. The van der Waals surface area contributed by atoms with E-state index < -0.39 is 5.97 Å². The number of rotatable bonds is 9. The van der Waals surface area contributed by atoms with Crippen LogP contribution in [-0.2, 0) is 16.6 Å². The van der Waals surface area contributed by atoms with Gasteiger partial charge in [0.05, 0.1) is 30.1 Å². The number of amides is 1. The zero-order valence-electron chi connectivity index (χ0n) is 18.7. The number of anilines is 1. The monoisotopic (exact) mass is 474 g/mol. The van der Waals surface area contributed by atoms with E-state index in [2.05, 4.69) is 15.5 Å². The topological polar surface area (TPSA) is 95.3 Å². The van der Waals surface area contributed by atoms with Crippen molar-refractivity contribution in [2.24, 2.45) is 7.05 Å². The number of nitrogens with one attached hydrogen (secondary N) is 1. The molecule has 8 nitrogen and oxygen atoms in total. The number of hydrogen-bond acceptors (Lipinski definition) is 8. The maximum atomic E-state index is 12.6. The molecule has 0 aliphatic rings. The third kappa shape index (κ3) is 5.13. The third-order valence-corrected chi connectivity index (χ3v) is 6.86. The Kier molecular flexibility index (Phi) is 7.92. The molecule has 2 heterocycles. The number of benzene rings is 1. The third-order valence-electron chi connectivity index (χ3n) is 4.71. The zero-order chi connectivity index (χ0) is 23.3. The van der Waals surface area contributed by atoms with E-state index in [1.807, 2.05) is 56.7 Å². The number of esters is 1. The van der Waals surface area contributed by atoms with Crippen LogP contribution >= 0.6 is 23.1 Å². The van der Waals surface area contributed by atoms with Gasteiger partial charge in [0.15, 0.2) is 11.0 Å². The maximum Gasteiger partial charge on any atom is 0.341 e. The van der Waals surface area contributed by atoms with Crippen LogP contribution in [0.4, 0.5) is 5.00 Å². The van der Waals surface area contributed by atoms with E-state index in [9.17, 15) is 9.59 Å². The van der Waals surface area contributed by atoms with Crippen molar-refractivity contribution in [2.75, 3.05) is 24.3 Å². The Balaban J connectivity index is 1.71. The van der Waals surface area contributed by atoms with Crippen molar-refractivity contribution in [3.8, 4) is 17.1 Å². The summed E-state index contributed by atoms with van der Waals surface area (Å²) in [5, 5.41) is 12.5. The number of para-hydroxylation sites is 1. The summed E-state index contributed by atoms with van der Waals surface area (Å²) < 4.78 is 12.7. The highest BCUT2D eigenvalue weighted by Gasteiger charge is 2.22. The van der Waals surface area contributed by atoms with Gasteiger partial charge in [0.1, 0.15) is 10.8 Å².